The largest absolute Gasteiger partial charge is 0.497 e. The van der Waals surface area contributed by atoms with Crippen molar-refractivity contribution in [3.63, 3.8) is 0 Å². The number of fused-ring (bicyclic) bond motifs is 1. The molecule has 2 heterocycles. The average molecular weight is 379 g/mol. The maximum atomic E-state index is 12.7. The third-order valence-electron chi connectivity index (χ3n) is 4.68. The van der Waals surface area contributed by atoms with Crippen molar-refractivity contribution < 1.29 is 9.53 Å². The highest BCUT2D eigenvalue weighted by atomic mass is 35.5. The van der Waals surface area contributed by atoms with Crippen molar-refractivity contribution in [3.05, 3.63) is 46.8 Å². The Morgan fingerprint density at radius 1 is 1.35 bits per heavy atom. The molecule has 0 fully saturated rings. The number of benzene rings is 1. The molecule has 1 aromatic heterocycles. The van der Waals surface area contributed by atoms with Gasteiger partial charge in [0.15, 0.2) is 5.69 Å². The zero-order chi connectivity index (χ0) is 17.8. The molecular weight excluding hydrogens is 352 g/mol. The quantitative estimate of drug-likeness (QED) is 0.810. The fraction of sp³-hybridized carbons (Fsp3) is 0.474. The van der Waals surface area contributed by atoms with E-state index in [9.17, 15) is 4.79 Å². The van der Waals surface area contributed by atoms with Crippen molar-refractivity contribution >= 4 is 18.3 Å². The fourth-order valence-corrected chi connectivity index (χ4v) is 3.36. The van der Waals surface area contributed by atoms with Gasteiger partial charge in [-0.15, -0.1) is 12.4 Å². The summed E-state index contributed by atoms with van der Waals surface area (Å²) in [5.41, 5.74) is 3.91. The summed E-state index contributed by atoms with van der Waals surface area (Å²) in [5.74, 6) is 1.21. The van der Waals surface area contributed by atoms with Crippen LogP contribution < -0.4 is 10.1 Å². The normalized spacial score (nSPS) is 14.1. The molecule has 0 bridgehead atoms. The van der Waals surface area contributed by atoms with E-state index in [1.807, 2.05) is 19.2 Å². The van der Waals surface area contributed by atoms with E-state index in [-0.39, 0.29) is 18.3 Å². The van der Waals surface area contributed by atoms with Gasteiger partial charge in [0.25, 0.3) is 5.91 Å². The van der Waals surface area contributed by atoms with Crippen LogP contribution in [-0.2, 0) is 19.4 Å². The number of aromatic nitrogens is 2. The summed E-state index contributed by atoms with van der Waals surface area (Å²) in [6.45, 7) is 4.50. The van der Waals surface area contributed by atoms with Crippen molar-refractivity contribution in [2.75, 3.05) is 27.2 Å². The number of hydrogen-bond donors (Lipinski definition) is 2. The van der Waals surface area contributed by atoms with Crippen molar-refractivity contribution in [2.45, 2.75) is 26.3 Å². The van der Waals surface area contributed by atoms with E-state index >= 15 is 0 Å². The number of amides is 1. The number of rotatable bonds is 6. The Hall–Kier alpha value is -2.05. The molecule has 0 saturated carbocycles. The van der Waals surface area contributed by atoms with Gasteiger partial charge in [-0.25, -0.2) is 0 Å². The van der Waals surface area contributed by atoms with Crippen LogP contribution in [-0.4, -0.2) is 48.3 Å². The van der Waals surface area contributed by atoms with E-state index < -0.39 is 0 Å². The second-order valence-corrected chi connectivity index (χ2v) is 6.80. The summed E-state index contributed by atoms with van der Waals surface area (Å²) in [6, 6.07) is 8.10. The van der Waals surface area contributed by atoms with Gasteiger partial charge in [-0.05, 0) is 30.0 Å². The van der Waals surface area contributed by atoms with Gasteiger partial charge in [0.05, 0.1) is 7.11 Å². The van der Waals surface area contributed by atoms with Crippen molar-refractivity contribution in [1.82, 2.24) is 20.4 Å². The fourth-order valence-electron chi connectivity index (χ4n) is 3.36. The molecule has 2 N–H and O–H groups in total. The number of hydrogen-bond acceptors (Lipinski definition) is 4. The molecule has 1 atom stereocenters. The minimum atomic E-state index is -0.0113. The topological polar surface area (TPSA) is 70.2 Å². The third kappa shape index (κ3) is 4.56. The molecule has 7 heteroatoms. The molecule has 3 rings (SSSR count). The van der Waals surface area contributed by atoms with Crippen LogP contribution in [0.2, 0.25) is 0 Å². The monoisotopic (exact) mass is 378 g/mol. The molecular formula is C19H27ClN4O2. The third-order valence-corrected chi connectivity index (χ3v) is 4.68. The number of ether oxygens (including phenoxy) is 1. The van der Waals surface area contributed by atoms with Gasteiger partial charge in [0.1, 0.15) is 5.75 Å². The van der Waals surface area contributed by atoms with Gasteiger partial charge in [0.2, 0.25) is 0 Å². The predicted octanol–water partition coefficient (Wildman–Crippen LogP) is 2.44. The second-order valence-electron chi connectivity index (χ2n) is 6.80. The Balaban J connectivity index is 0.00000243. The zero-order valence-corrected chi connectivity index (χ0v) is 16.4. The average Bonchev–Trinajstić information content (AvgIpc) is 3.05. The van der Waals surface area contributed by atoms with Crippen molar-refractivity contribution in [3.8, 4) is 5.75 Å². The molecule has 1 aromatic carbocycles. The van der Waals surface area contributed by atoms with Gasteiger partial charge in [-0.3, -0.25) is 9.89 Å². The number of H-pyrrole nitrogens is 1. The Morgan fingerprint density at radius 3 is 2.77 bits per heavy atom. The van der Waals surface area contributed by atoms with Crippen LogP contribution >= 0.6 is 12.4 Å². The minimum Gasteiger partial charge on any atom is -0.497 e. The lowest BCUT2D eigenvalue weighted by Gasteiger charge is -2.22. The molecule has 1 amide bonds. The highest BCUT2D eigenvalue weighted by Gasteiger charge is 2.24. The molecule has 0 spiro atoms. The Bertz CT molecular complexity index is 730. The van der Waals surface area contributed by atoms with Crippen molar-refractivity contribution in [1.29, 1.82) is 0 Å². The molecule has 142 valence electrons. The maximum Gasteiger partial charge on any atom is 0.274 e. The first-order valence-electron chi connectivity index (χ1n) is 8.73. The van der Waals surface area contributed by atoms with Gasteiger partial charge < -0.3 is 15.0 Å². The van der Waals surface area contributed by atoms with E-state index in [1.165, 1.54) is 5.56 Å². The van der Waals surface area contributed by atoms with Crippen LogP contribution in [0, 0.1) is 5.92 Å². The lowest BCUT2D eigenvalue weighted by atomic mass is 10.00. The maximum absolute atomic E-state index is 12.7. The summed E-state index contributed by atoms with van der Waals surface area (Å²) in [5, 5.41) is 10.6. The number of carbonyl (C=O) groups excluding carboxylic acids is 1. The number of aromatic amines is 1. The number of nitrogens with zero attached hydrogens (tertiary/aromatic N) is 2. The SMILES string of the molecule is COc1ccc(CC(C)CN(C)C(=O)c2n[nH]c3c2CNCC3)cc1.Cl. The molecule has 6 nitrogen and oxygen atoms in total. The molecule has 1 unspecified atom stereocenters. The standard InChI is InChI=1S/C19H26N4O2.ClH/c1-13(10-14-4-6-15(25-3)7-5-14)12-23(2)19(24)18-16-11-20-9-8-17(16)21-22-18;/h4-7,13,20H,8-12H2,1-3H3,(H,21,22);1H. The predicted molar refractivity (Wildman–Crippen MR) is 104 cm³/mol. The first-order valence-corrected chi connectivity index (χ1v) is 8.73. The Morgan fingerprint density at radius 2 is 2.08 bits per heavy atom. The molecule has 0 aliphatic carbocycles. The molecule has 26 heavy (non-hydrogen) atoms. The lowest BCUT2D eigenvalue weighted by Crippen LogP contribution is -2.33. The number of carbonyl (C=O) groups is 1. The minimum absolute atomic E-state index is 0. The smallest absolute Gasteiger partial charge is 0.274 e. The lowest BCUT2D eigenvalue weighted by molar-refractivity contribution is 0.0768. The van der Waals surface area contributed by atoms with Crippen LogP contribution in [0.5, 0.6) is 5.75 Å². The van der Waals surface area contributed by atoms with Crippen molar-refractivity contribution in [2.24, 2.45) is 5.92 Å². The van der Waals surface area contributed by atoms with E-state index in [0.29, 0.717) is 24.7 Å². The van der Waals surface area contributed by atoms with Crippen LogP contribution in [0.3, 0.4) is 0 Å². The van der Waals surface area contributed by atoms with Gasteiger partial charge in [0, 0.05) is 44.4 Å². The summed E-state index contributed by atoms with van der Waals surface area (Å²) < 4.78 is 5.19. The number of halogens is 1. The summed E-state index contributed by atoms with van der Waals surface area (Å²) >= 11 is 0. The van der Waals surface area contributed by atoms with E-state index in [1.54, 1.807) is 12.0 Å². The van der Waals surface area contributed by atoms with Crippen LogP contribution in [0.15, 0.2) is 24.3 Å². The van der Waals surface area contributed by atoms with Crippen LogP contribution in [0.25, 0.3) is 0 Å². The van der Waals surface area contributed by atoms with E-state index in [4.69, 9.17) is 4.74 Å². The molecule has 1 aliphatic rings. The molecule has 0 saturated heterocycles. The van der Waals surface area contributed by atoms with Crippen LogP contribution in [0.4, 0.5) is 0 Å². The first kappa shape index (κ1) is 20.3. The van der Waals surface area contributed by atoms with Gasteiger partial charge >= 0.3 is 0 Å². The molecule has 1 aliphatic heterocycles. The zero-order valence-electron chi connectivity index (χ0n) is 15.5. The van der Waals surface area contributed by atoms with Gasteiger partial charge in [-0.2, -0.15) is 5.10 Å². The summed E-state index contributed by atoms with van der Waals surface area (Å²) in [7, 11) is 3.52. The molecule has 2 aromatic rings. The number of nitrogens with one attached hydrogen (secondary N) is 2. The summed E-state index contributed by atoms with van der Waals surface area (Å²) in [4.78, 5) is 14.5. The number of methoxy groups -OCH3 is 1. The first-order chi connectivity index (χ1) is 12.1. The van der Waals surface area contributed by atoms with E-state index in [0.717, 1.165) is 36.4 Å². The second kappa shape index (κ2) is 9.05. The highest BCUT2D eigenvalue weighted by Crippen LogP contribution is 2.18. The summed E-state index contributed by atoms with van der Waals surface area (Å²) in [6.07, 6.45) is 1.81. The Labute approximate surface area is 160 Å². The van der Waals surface area contributed by atoms with E-state index in [2.05, 4.69) is 34.6 Å². The van der Waals surface area contributed by atoms with Gasteiger partial charge in [-0.1, -0.05) is 19.1 Å². The Kier molecular flexibility index (Phi) is 7.06. The van der Waals surface area contributed by atoms with Crippen LogP contribution in [0.1, 0.15) is 34.2 Å². The molecule has 0 radical (unpaired) electrons. The highest BCUT2D eigenvalue weighted by molar-refractivity contribution is 5.93.